The third kappa shape index (κ3) is 5.41. The van der Waals surface area contributed by atoms with Crippen LogP contribution in [0.25, 0.3) is 0 Å². The Morgan fingerprint density at radius 1 is 1.21 bits per heavy atom. The van der Waals surface area contributed by atoms with Gasteiger partial charge in [0.1, 0.15) is 0 Å². The molecule has 1 fully saturated rings. The quantitative estimate of drug-likeness (QED) is 0.686. The van der Waals surface area contributed by atoms with Crippen molar-refractivity contribution in [3.05, 3.63) is 0 Å². The van der Waals surface area contributed by atoms with Crippen LogP contribution in [-0.4, -0.2) is 49.8 Å². The number of morpholine rings is 1. The van der Waals surface area contributed by atoms with Crippen LogP contribution < -0.4 is 5.32 Å². The molecule has 1 aliphatic heterocycles. The third-order valence-corrected chi connectivity index (χ3v) is 4.49. The summed E-state index contributed by atoms with van der Waals surface area (Å²) in [5.41, 5.74) is 0.435. The van der Waals surface area contributed by atoms with Crippen molar-refractivity contribution in [3.63, 3.8) is 0 Å². The van der Waals surface area contributed by atoms with Gasteiger partial charge in [0.25, 0.3) is 0 Å². The van der Waals surface area contributed by atoms with E-state index in [0.29, 0.717) is 5.41 Å². The summed E-state index contributed by atoms with van der Waals surface area (Å²) in [6.45, 7) is 17.8. The summed E-state index contributed by atoms with van der Waals surface area (Å²) < 4.78 is 5.82. The molecule has 0 saturated carbocycles. The lowest BCUT2D eigenvalue weighted by molar-refractivity contribution is -0.0948. The number of rotatable bonds is 8. The van der Waals surface area contributed by atoms with E-state index in [1.165, 1.54) is 25.8 Å². The van der Waals surface area contributed by atoms with Crippen LogP contribution in [-0.2, 0) is 4.74 Å². The van der Waals surface area contributed by atoms with Crippen molar-refractivity contribution in [3.8, 4) is 0 Å². The molecular formula is C16H34N2O. The minimum absolute atomic E-state index is 0.0162. The van der Waals surface area contributed by atoms with Crippen LogP contribution in [0.3, 0.4) is 0 Å². The van der Waals surface area contributed by atoms with E-state index in [0.717, 1.165) is 32.8 Å². The van der Waals surface area contributed by atoms with Crippen molar-refractivity contribution in [2.45, 2.75) is 59.5 Å². The molecule has 0 aliphatic carbocycles. The highest BCUT2D eigenvalue weighted by Crippen LogP contribution is 2.29. The molecule has 0 aromatic rings. The lowest BCUT2D eigenvalue weighted by Gasteiger charge is -2.43. The molecule has 1 saturated heterocycles. The van der Waals surface area contributed by atoms with Crippen LogP contribution in [0.5, 0.6) is 0 Å². The van der Waals surface area contributed by atoms with Gasteiger partial charge in [-0.2, -0.15) is 0 Å². The zero-order valence-electron chi connectivity index (χ0n) is 13.7. The first kappa shape index (κ1) is 16.9. The number of ether oxygens (including phenoxy) is 1. The van der Waals surface area contributed by atoms with Crippen LogP contribution in [0.15, 0.2) is 0 Å². The van der Waals surface area contributed by atoms with E-state index in [9.17, 15) is 0 Å². The van der Waals surface area contributed by atoms with Gasteiger partial charge in [-0.05, 0) is 45.1 Å². The summed E-state index contributed by atoms with van der Waals surface area (Å²) in [6, 6.07) is 0. The maximum atomic E-state index is 5.82. The molecule has 0 atom stereocenters. The Balaban J connectivity index is 2.56. The molecular weight excluding hydrogens is 236 g/mol. The standard InChI is InChI=1S/C16H34N2O/c1-6-9-17-12-16(7-2,8-3)14-18-10-11-19-15(4,5)13-18/h17H,6-14H2,1-5H3. The number of nitrogens with one attached hydrogen (secondary N) is 1. The van der Waals surface area contributed by atoms with E-state index in [4.69, 9.17) is 4.74 Å². The van der Waals surface area contributed by atoms with Crippen LogP contribution in [0, 0.1) is 5.41 Å². The summed E-state index contributed by atoms with van der Waals surface area (Å²) >= 11 is 0. The fourth-order valence-electron chi connectivity index (χ4n) is 3.03. The Morgan fingerprint density at radius 3 is 2.42 bits per heavy atom. The van der Waals surface area contributed by atoms with Gasteiger partial charge in [0.05, 0.1) is 12.2 Å². The van der Waals surface area contributed by atoms with Crippen molar-refractivity contribution in [2.75, 3.05) is 39.3 Å². The molecule has 0 unspecified atom stereocenters. The van der Waals surface area contributed by atoms with Crippen LogP contribution in [0.4, 0.5) is 0 Å². The summed E-state index contributed by atoms with van der Waals surface area (Å²) in [5.74, 6) is 0. The molecule has 1 rings (SSSR count). The molecule has 0 aromatic heterocycles. The lowest BCUT2D eigenvalue weighted by Crippen LogP contribution is -2.53. The predicted octanol–water partition coefficient (Wildman–Crippen LogP) is 2.90. The lowest BCUT2D eigenvalue weighted by atomic mass is 9.81. The van der Waals surface area contributed by atoms with Crippen LogP contribution in [0.2, 0.25) is 0 Å². The molecule has 0 amide bonds. The Hall–Kier alpha value is -0.120. The number of nitrogens with zero attached hydrogens (tertiary/aromatic N) is 1. The van der Waals surface area contributed by atoms with E-state index in [-0.39, 0.29) is 5.60 Å². The second-order valence-electron chi connectivity index (χ2n) is 6.70. The second kappa shape index (κ2) is 7.61. The highest BCUT2D eigenvalue weighted by atomic mass is 16.5. The Labute approximate surface area is 120 Å². The normalized spacial score (nSPS) is 20.7. The number of hydrogen-bond acceptors (Lipinski definition) is 3. The molecule has 1 heterocycles. The first-order valence-electron chi connectivity index (χ1n) is 8.04. The largest absolute Gasteiger partial charge is 0.373 e. The van der Waals surface area contributed by atoms with Gasteiger partial charge >= 0.3 is 0 Å². The zero-order chi connectivity index (χ0) is 14.4. The molecule has 0 aromatic carbocycles. The molecule has 3 heteroatoms. The molecule has 3 nitrogen and oxygen atoms in total. The highest BCUT2D eigenvalue weighted by molar-refractivity contribution is 4.87. The maximum Gasteiger partial charge on any atom is 0.0753 e. The topological polar surface area (TPSA) is 24.5 Å². The van der Waals surface area contributed by atoms with Crippen molar-refractivity contribution < 1.29 is 4.74 Å². The van der Waals surface area contributed by atoms with Crippen LogP contribution >= 0.6 is 0 Å². The van der Waals surface area contributed by atoms with E-state index >= 15 is 0 Å². The fraction of sp³-hybridized carbons (Fsp3) is 1.00. The molecule has 1 N–H and O–H groups in total. The van der Waals surface area contributed by atoms with Crippen molar-refractivity contribution >= 4 is 0 Å². The Morgan fingerprint density at radius 2 is 1.89 bits per heavy atom. The van der Waals surface area contributed by atoms with E-state index < -0.39 is 0 Å². The predicted molar refractivity (Wildman–Crippen MR) is 82.6 cm³/mol. The van der Waals surface area contributed by atoms with Crippen molar-refractivity contribution in [1.82, 2.24) is 10.2 Å². The van der Waals surface area contributed by atoms with Gasteiger partial charge in [0.15, 0.2) is 0 Å². The van der Waals surface area contributed by atoms with E-state index in [2.05, 4.69) is 44.8 Å². The summed E-state index contributed by atoms with van der Waals surface area (Å²) in [4.78, 5) is 2.60. The highest BCUT2D eigenvalue weighted by Gasteiger charge is 2.33. The average molecular weight is 270 g/mol. The molecule has 0 spiro atoms. The summed E-state index contributed by atoms with van der Waals surface area (Å²) in [5, 5.41) is 3.63. The van der Waals surface area contributed by atoms with Gasteiger partial charge in [-0.25, -0.2) is 0 Å². The minimum Gasteiger partial charge on any atom is -0.373 e. The van der Waals surface area contributed by atoms with Crippen molar-refractivity contribution in [2.24, 2.45) is 5.41 Å². The average Bonchev–Trinajstić information content (AvgIpc) is 2.36. The van der Waals surface area contributed by atoms with Gasteiger partial charge in [0.2, 0.25) is 0 Å². The molecule has 19 heavy (non-hydrogen) atoms. The molecule has 0 bridgehead atoms. The van der Waals surface area contributed by atoms with Crippen LogP contribution in [0.1, 0.15) is 53.9 Å². The van der Waals surface area contributed by atoms with E-state index in [1.54, 1.807) is 0 Å². The fourth-order valence-corrected chi connectivity index (χ4v) is 3.03. The van der Waals surface area contributed by atoms with Gasteiger partial charge in [-0.15, -0.1) is 0 Å². The van der Waals surface area contributed by atoms with E-state index in [1.807, 2.05) is 0 Å². The molecule has 0 radical (unpaired) electrons. The summed E-state index contributed by atoms with van der Waals surface area (Å²) in [6.07, 6.45) is 3.71. The van der Waals surface area contributed by atoms with Gasteiger partial charge in [-0.3, -0.25) is 4.90 Å². The zero-order valence-corrected chi connectivity index (χ0v) is 13.7. The Bertz CT molecular complexity index is 249. The van der Waals surface area contributed by atoms with Gasteiger partial charge in [-0.1, -0.05) is 20.8 Å². The Kier molecular flexibility index (Phi) is 6.78. The third-order valence-electron chi connectivity index (χ3n) is 4.49. The van der Waals surface area contributed by atoms with Gasteiger partial charge < -0.3 is 10.1 Å². The second-order valence-corrected chi connectivity index (χ2v) is 6.70. The monoisotopic (exact) mass is 270 g/mol. The first-order chi connectivity index (χ1) is 8.97. The molecule has 1 aliphatic rings. The smallest absolute Gasteiger partial charge is 0.0753 e. The first-order valence-corrected chi connectivity index (χ1v) is 8.04. The van der Waals surface area contributed by atoms with Crippen molar-refractivity contribution in [1.29, 1.82) is 0 Å². The molecule has 114 valence electrons. The maximum absolute atomic E-state index is 5.82. The van der Waals surface area contributed by atoms with Gasteiger partial charge in [0, 0.05) is 26.2 Å². The number of hydrogen-bond donors (Lipinski definition) is 1. The minimum atomic E-state index is 0.0162. The SMILES string of the molecule is CCCNCC(CC)(CC)CN1CCOC(C)(C)C1. The summed E-state index contributed by atoms with van der Waals surface area (Å²) in [7, 11) is 0.